The summed E-state index contributed by atoms with van der Waals surface area (Å²) >= 11 is 1.15. The van der Waals surface area contributed by atoms with Crippen LogP contribution >= 0.6 is 11.3 Å². The molecule has 20 heavy (non-hydrogen) atoms. The minimum Gasteiger partial charge on any atom is -0.476 e. The number of urea groups is 1. The van der Waals surface area contributed by atoms with Crippen molar-refractivity contribution in [3.8, 4) is 0 Å². The summed E-state index contributed by atoms with van der Waals surface area (Å²) in [6, 6.07) is -0.874. The van der Waals surface area contributed by atoms with Crippen molar-refractivity contribution >= 4 is 29.2 Å². The molecule has 1 unspecified atom stereocenters. The van der Waals surface area contributed by atoms with Crippen LogP contribution in [-0.4, -0.2) is 53.5 Å². The fourth-order valence-corrected chi connectivity index (χ4v) is 2.11. The molecule has 0 aliphatic rings. The second-order valence-electron chi connectivity index (χ2n) is 4.08. The molecule has 0 radical (unpaired) electrons. The molecule has 0 spiro atoms. The van der Waals surface area contributed by atoms with Gasteiger partial charge in [0.15, 0.2) is 5.69 Å². The highest BCUT2D eigenvalue weighted by atomic mass is 32.1. The number of amides is 3. The van der Waals surface area contributed by atoms with Gasteiger partial charge in [0.2, 0.25) is 5.91 Å². The molecule has 0 aliphatic heterocycles. The number of thiazole rings is 1. The number of carbonyl (C=O) groups excluding carboxylic acids is 2. The number of carboxylic acid groups (broad SMARTS) is 1. The summed E-state index contributed by atoms with van der Waals surface area (Å²) in [4.78, 5) is 38.8. The van der Waals surface area contributed by atoms with Crippen LogP contribution in [0.3, 0.4) is 0 Å². The van der Waals surface area contributed by atoms with Gasteiger partial charge in [-0.25, -0.2) is 14.6 Å². The maximum Gasteiger partial charge on any atom is 0.355 e. The molecule has 0 fully saturated rings. The standard InChI is InChI=1S/C11H16N4O4S/c1-6(9-14-7(5-20-9)10(17)18)13-11(19)15(3)4-8(16)12-2/h5-6H,4H2,1-3H3,(H,12,16)(H,13,19)(H,17,18). The molecule has 0 aromatic carbocycles. The smallest absolute Gasteiger partial charge is 0.355 e. The molecule has 1 heterocycles. The van der Waals surface area contributed by atoms with E-state index < -0.39 is 18.0 Å². The lowest BCUT2D eigenvalue weighted by Crippen LogP contribution is -2.43. The predicted molar refractivity (Wildman–Crippen MR) is 72.7 cm³/mol. The average Bonchev–Trinajstić information content (AvgIpc) is 2.88. The largest absolute Gasteiger partial charge is 0.476 e. The SMILES string of the molecule is CNC(=O)CN(C)C(=O)NC(C)c1nc(C(=O)O)cs1. The van der Waals surface area contributed by atoms with Crippen LogP contribution in [0.4, 0.5) is 4.79 Å². The van der Waals surface area contributed by atoms with Gasteiger partial charge in [-0.05, 0) is 6.92 Å². The van der Waals surface area contributed by atoms with Gasteiger partial charge < -0.3 is 20.6 Å². The monoisotopic (exact) mass is 300 g/mol. The second kappa shape index (κ2) is 6.85. The Balaban J connectivity index is 2.60. The summed E-state index contributed by atoms with van der Waals surface area (Å²) in [7, 11) is 2.97. The van der Waals surface area contributed by atoms with Gasteiger partial charge in [-0.2, -0.15) is 0 Å². The zero-order valence-corrected chi connectivity index (χ0v) is 12.2. The van der Waals surface area contributed by atoms with Crippen LogP contribution in [0.2, 0.25) is 0 Å². The highest BCUT2D eigenvalue weighted by molar-refractivity contribution is 7.09. The van der Waals surface area contributed by atoms with E-state index in [-0.39, 0.29) is 18.1 Å². The van der Waals surface area contributed by atoms with Crippen molar-refractivity contribution in [2.24, 2.45) is 0 Å². The first kappa shape index (κ1) is 15.9. The van der Waals surface area contributed by atoms with Crippen LogP contribution in [0, 0.1) is 0 Å². The third kappa shape index (κ3) is 4.19. The maximum atomic E-state index is 11.8. The van der Waals surface area contributed by atoms with Gasteiger partial charge in [0.1, 0.15) is 11.6 Å². The van der Waals surface area contributed by atoms with Crippen LogP contribution in [0.15, 0.2) is 5.38 Å². The first-order chi connectivity index (χ1) is 9.35. The van der Waals surface area contributed by atoms with Crippen molar-refractivity contribution in [3.05, 3.63) is 16.1 Å². The molecule has 1 aromatic heterocycles. The number of aromatic nitrogens is 1. The number of hydrogen-bond donors (Lipinski definition) is 3. The number of nitrogens with zero attached hydrogens (tertiary/aromatic N) is 2. The van der Waals surface area contributed by atoms with Gasteiger partial charge in [-0.15, -0.1) is 11.3 Å². The molecule has 0 saturated carbocycles. The second-order valence-corrected chi connectivity index (χ2v) is 4.97. The Hall–Kier alpha value is -2.16. The van der Waals surface area contributed by atoms with E-state index in [0.717, 1.165) is 11.3 Å². The molecule has 0 saturated heterocycles. The lowest BCUT2D eigenvalue weighted by molar-refractivity contribution is -0.121. The molecule has 1 rings (SSSR count). The van der Waals surface area contributed by atoms with Crippen molar-refractivity contribution in [2.75, 3.05) is 20.6 Å². The molecule has 3 amide bonds. The van der Waals surface area contributed by atoms with Crippen molar-refractivity contribution in [3.63, 3.8) is 0 Å². The minimum atomic E-state index is -1.11. The molecule has 9 heteroatoms. The Morgan fingerprint density at radius 1 is 1.50 bits per heavy atom. The van der Waals surface area contributed by atoms with Gasteiger partial charge >= 0.3 is 12.0 Å². The Morgan fingerprint density at radius 3 is 2.65 bits per heavy atom. The molecule has 8 nitrogen and oxygen atoms in total. The number of hydrogen-bond acceptors (Lipinski definition) is 5. The number of carboxylic acids is 1. The third-order valence-electron chi connectivity index (χ3n) is 2.46. The van der Waals surface area contributed by atoms with Crippen LogP contribution in [-0.2, 0) is 4.79 Å². The number of nitrogens with one attached hydrogen (secondary N) is 2. The maximum absolute atomic E-state index is 11.8. The van der Waals surface area contributed by atoms with Gasteiger partial charge in [-0.1, -0.05) is 0 Å². The quantitative estimate of drug-likeness (QED) is 0.723. The van der Waals surface area contributed by atoms with E-state index >= 15 is 0 Å². The van der Waals surface area contributed by atoms with E-state index in [1.807, 2.05) is 0 Å². The summed E-state index contributed by atoms with van der Waals surface area (Å²) < 4.78 is 0. The molecule has 1 atom stereocenters. The predicted octanol–water partition coefficient (Wildman–Crippen LogP) is 0.290. The molecule has 1 aromatic rings. The fraction of sp³-hybridized carbons (Fsp3) is 0.455. The van der Waals surface area contributed by atoms with E-state index in [1.165, 1.54) is 24.4 Å². The Morgan fingerprint density at radius 2 is 2.15 bits per heavy atom. The Labute approximate surface area is 119 Å². The fourth-order valence-electron chi connectivity index (χ4n) is 1.31. The van der Waals surface area contributed by atoms with Gasteiger partial charge in [-0.3, -0.25) is 4.79 Å². The summed E-state index contributed by atoms with van der Waals surface area (Å²) in [5.41, 5.74) is -0.0511. The van der Waals surface area contributed by atoms with E-state index in [0.29, 0.717) is 5.01 Å². The summed E-state index contributed by atoms with van der Waals surface area (Å²) in [6.45, 7) is 1.63. The average molecular weight is 300 g/mol. The summed E-state index contributed by atoms with van der Waals surface area (Å²) in [5, 5.41) is 15.7. The van der Waals surface area contributed by atoms with Crippen LogP contribution in [0.5, 0.6) is 0 Å². The first-order valence-corrected chi connectivity index (χ1v) is 6.64. The van der Waals surface area contributed by atoms with E-state index in [2.05, 4.69) is 15.6 Å². The van der Waals surface area contributed by atoms with Gasteiger partial charge in [0, 0.05) is 19.5 Å². The van der Waals surface area contributed by atoms with Crippen molar-refractivity contribution in [2.45, 2.75) is 13.0 Å². The zero-order valence-electron chi connectivity index (χ0n) is 11.3. The lowest BCUT2D eigenvalue weighted by atomic mass is 10.3. The molecule has 110 valence electrons. The van der Waals surface area contributed by atoms with E-state index in [4.69, 9.17) is 5.11 Å². The van der Waals surface area contributed by atoms with Crippen LogP contribution in [0.25, 0.3) is 0 Å². The van der Waals surface area contributed by atoms with E-state index in [9.17, 15) is 14.4 Å². The van der Waals surface area contributed by atoms with Gasteiger partial charge in [0.05, 0.1) is 6.04 Å². The van der Waals surface area contributed by atoms with Crippen LogP contribution < -0.4 is 10.6 Å². The van der Waals surface area contributed by atoms with Crippen molar-refractivity contribution in [1.29, 1.82) is 0 Å². The highest BCUT2D eigenvalue weighted by Gasteiger charge is 2.18. The zero-order chi connectivity index (χ0) is 15.3. The normalized spacial score (nSPS) is 11.6. The van der Waals surface area contributed by atoms with Crippen LogP contribution in [0.1, 0.15) is 28.5 Å². The summed E-state index contributed by atoms with van der Waals surface area (Å²) in [6.07, 6.45) is 0. The number of carbonyl (C=O) groups is 3. The van der Waals surface area contributed by atoms with Crippen molar-refractivity contribution in [1.82, 2.24) is 20.5 Å². The third-order valence-corrected chi connectivity index (χ3v) is 3.49. The first-order valence-electron chi connectivity index (χ1n) is 5.76. The number of aromatic carboxylic acids is 1. The summed E-state index contributed by atoms with van der Waals surface area (Å²) in [5.74, 6) is -1.39. The molecule has 3 N–H and O–H groups in total. The Bertz CT molecular complexity index is 516. The number of likely N-dealkylation sites (N-methyl/N-ethyl adjacent to an activating group) is 2. The molecular formula is C11H16N4O4S. The number of rotatable bonds is 5. The van der Waals surface area contributed by atoms with Gasteiger partial charge in [0.25, 0.3) is 0 Å². The Kier molecular flexibility index (Phi) is 5.44. The molecular weight excluding hydrogens is 284 g/mol. The lowest BCUT2D eigenvalue weighted by Gasteiger charge is -2.19. The topological polar surface area (TPSA) is 112 Å². The minimum absolute atomic E-state index is 0.0511. The highest BCUT2D eigenvalue weighted by Crippen LogP contribution is 2.18. The molecule has 0 aliphatic carbocycles. The van der Waals surface area contributed by atoms with Crippen molar-refractivity contribution < 1.29 is 19.5 Å². The molecule has 0 bridgehead atoms. The van der Waals surface area contributed by atoms with E-state index in [1.54, 1.807) is 6.92 Å².